The first kappa shape index (κ1) is 22.7. The number of rotatable bonds is 6. The molecule has 0 saturated carbocycles. The molecule has 0 bridgehead atoms. The molecular formula is C23H22N4O4S2. The van der Waals surface area contributed by atoms with Crippen molar-refractivity contribution in [1.29, 1.82) is 0 Å². The van der Waals surface area contributed by atoms with E-state index in [2.05, 4.69) is 20.8 Å². The first-order valence-corrected chi connectivity index (χ1v) is 12.7. The average Bonchev–Trinajstić information content (AvgIpc) is 3.36. The van der Waals surface area contributed by atoms with Crippen molar-refractivity contribution in [2.24, 2.45) is 0 Å². The van der Waals surface area contributed by atoms with Crippen molar-refractivity contribution in [3.8, 4) is 0 Å². The predicted octanol–water partition coefficient (Wildman–Crippen LogP) is 3.95. The Balaban J connectivity index is 1.51. The van der Waals surface area contributed by atoms with Crippen molar-refractivity contribution in [2.75, 3.05) is 11.6 Å². The summed E-state index contributed by atoms with van der Waals surface area (Å²) in [5, 5.41) is 13.3. The fraction of sp³-hybridized carbons (Fsp3) is 0.174. The summed E-state index contributed by atoms with van der Waals surface area (Å²) < 4.78 is 23.2. The summed E-state index contributed by atoms with van der Waals surface area (Å²) >= 11 is 1.24. The Hall–Kier alpha value is -3.50. The van der Waals surface area contributed by atoms with Crippen LogP contribution in [0.25, 0.3) is 10.2 Å². The molecule has 0 saturated heterocycles. The lowest BCUT2D eigenvalue weighted by atomic mass is 9.94. The summed E-state index contributed by atoms with van der Waals surface area (Å²) in [6.45, 7) is 3.86. The molecule has 10 heteroatoms. The maximum absolute atomic E-state index is 12.9. The minimum Gasteiger partial charge on any atom is -0.342 e. The van der Waals surface area contributed by atoms with Crippen molar-refractivity contribution in [3.05, 3.63) is 76.7 Å². The highest BCUT2D eigenvalue weighted by Crippen LogP contribution is 2.30. The normalized spacial score (nSPS) is 12.0. The Labute approximate surface area is 195 Å². The van der Waals surface area contributed by atoms with Gasteiger partial charge in [0.1, 0.15) is 4.83 Å². The van der Waals surface area contributed by atoms with Gasteiger partial charge in [0.2, 0.25) is 0 Å². The van der Waals surface area contributed by atoms with E-state index >= 15 is 0 Å². The molecule has 2 heterocycles. The molecule has 0 fully saturated rings. The van der Waals surface area contributed by atoms with Gasteiger partial charge in [0.15, 0.2) is 15.7 Å². The molecule has 2 aromatic heterocycles. The molecule has 170 valence electrons. The monoisotopic (exact) mass is 482 g/mol. The molecule has 2 amide bonds. The van der Waals surface area contributed by atoms with E-state index in [1.54, 1.807) is 6.07 Å². The van der Waals surface area contributed by atoms with Gasteiger partial charge in [0, 0.05) is 11.8 Å². The number of benzene rings is 2. The van der Waals surface area contributed by atoms with Crippen molar-refractivity contribution < 1.29 is 18.0 Å². The first-order chi connectivity index (χ1) is 15.5. The first-order valence-electron chi connectivity index (χ1n) is 10.0. The molecule has 0 atom stereocenters. The summed E-state index contributed by atoms with van der Waals surface area (Å²) in [5.74, 6) is -0.377. The largest absolute Gasteiger partial charge is 0.342 e. The Kier molecular flexibility index (Phi) is 5.81. The zero-order chi connectivity index (χ0) is 23.8. The van der Waals surface area contributed by atoms with E-state index in [0.29, 0.717) is 20.9 Å². The number of anilines is 1. The third kappa shape index (κ3) is 4.81. The number of nitrogens with zero attached hydrogens (tertiary/aromatic N) is 1. The van der Waals surface area contributed by atoms with Crippen LogP contribution in [0, 0.1) is 0 Å². The van der Waals surface area contributed by atoms with Crippen LogP contribution in [0.5, 0.6) is 0 Å². The highest BCUT2D eigenvalue weighted by atomic mass is 32.2. The van der Waals surface area contributed by atoms with Crippen LogP contribution in [0.3, 0.4) is 0 Å². The molecule has 0 unspecified atom stereocenters. The van der Waals surface area contributed by atoms with Gasteiger partial charge in [0.25, 0.3) is 11.8 Å². The summed E-state index contributed by atoms with van der Waals surface area (Å²) in [7, 11) is -3.35. The topological polar surface area (TPSA) is 121 Å². The molecule has 0 aliphatic rings. The Morgan fingerprint density at radius 3 is 2.30 bits per heavy atom. The third-order valence-corrected chi connectivity index (χ3v) is 7.35. The molecule has 4 rings (SSSR count). The van der Waals surface area contributed by atoms with E-state index in [1.807, 2.05) is 44.2 Å². The minimum absolute atomic E-state index is 0.133. The number of fused-ring (bicyclic) bond motifs is 1. The second-order valence-corrected chi connectivity index (χ2v) is 11.2. The van der Waals surface area contributed by atoms with Crippen LogP contribution in [0.2, 0.25) is 0 Å². The molecule has 8 nitrogen and oxygen atoms in total. The Morgan fingerprint density at radius 1 is 1.00 bits per heavy atom. The summed E-state index contributed by atoms with van der Waals surface area (Å²) in [5.41, 5.74) is 0.706. The minimum atomic E-state index is -3.35. The summed E-state index contributed by atoms with van der Waals surface area (Å²) in [4.78, 5) is 26.8. The number of thiophene rings is 1. The number of aromatic nitrogens is 2. The van der Waals surface area contributed by atoms with E-state index in [4.69, 9.17) is 0 Å². The van der Waals surface area contributed by atoms with Crippen LogP contribution in [-0.2, 0) is 15.4 Å². The van der Waals surface area contributed by atoms with Crippen molar-refractivity contribution in [1.82, 2.24) is 15.5 Å². The van der Waals surface area contributed by atoms with Crippen LogP contribution in [0.15, 0.2) is 65.6 Å². The SMILES string of the molecule is CC(C)(NC(=O)c1cc2c(NC(=O)c3ccc(S(C)(=O)=O)cc3)n[nH]c2s1)c1ccccc1. The number of sulfone groups is 1. The molecule has 2 aromatic carbocycles. The van der Waals surface area contributed by atoms with Crippen LogP contribution >= 0.6 is 11.3 Å². The molecule has 0 radical (unpaired) electrons. The standard InChI is InChI=1S/C23H22N4O4S2/c1-23(2,15-7-5-4-6-8-15)25-21(29)18-13-17-19(26-27-22(17)32-18)24-20(28)14-9-11-16(12-10-14)33(3,30)31/h4-13H,1-3H3,(H,25,29)(H2,24,26,27,28). The van der Waals surface area contributed by atoms with Gasteiger partial charge in [0.05, 0.1) is 20.7 Å². The zero-order valence-corrected chi connectivity index (χ0v) is 19.8. The van der Waals surface area contributed by atoms with Crippen LogP contribution < -0.4 is 10.6 Å². The second kappa shape index (κ2) is 8.45. The maximum atomic E-state index is 12.9. The van der Waals surface area contributed by atoms with E-state index in [0.717, 1.165) is 11.8 Å². The number of nitrogens with one attached hydrogen (secondary N) is 3. The number of amides is 2. The quantitative estimate of drug-likeness (QED) is 0.384. The van der Waals surface area contributed by atoms with Gasteiger partial charge in [-0.25, -0.2) is 8.42 Å². The number of hydrogen-bond acceptors (Lipinski definition) is 6. The fourth-order valence-electron chi connectivity index (χ4n) is 3.33. The molecule has 0 aliphatic carbocycles. The van der Waals surface area contributed by atoms with E-state index in [-0.39, 0.29) is 16.4 Å². The van der Waals surface area contributed by atoms with Gasteiger partial charge in [-0.2, -0.15) is 5.10 Å². The highest BCUT2D eigenvalue weighted by Gasteiger charge is 2.25. The smallest absolute Gasteiger partial charge is 0.262 e. The van der Waals surface area contributed by atoms with Crippen molar-refractivity contribution in [3.63, 3.8) is 0 Å². The van der Waals surface area contributed by atoms with Gasteiger partial charge >= 0.3 is 0 Å². The fourth-order valence-corrected chi connectivity index (χ4v) is 4.86. The number of hydrogen-bond donors (Lipinski definition) is 3. The molecule has 0 aliphatic heterocycles. The zero-order valence-electron chi connectivity index (χ0n) is 18.2. The van der Waals surface area contributed by atoms with Gasteiger partial charge in [-0.1, -0.05) is 30.3 Å². The number of carbonyl (C=O) groups is 2. The van der Waals surface area contributed by atoms with Gasteiger partial charge in [-0.15, -0.1) is 11.3 Å². The van der Waals surface area contributed by atoms with E-state index in [1.165, 1.54) is 35.6 Å². The lowest BCUT2D eigenvalue weighted by Crippen LogP contribution is -2.40. The highest BCUT2D eigenvalue weighted by molar-refractivity contribution is 7.90. The van der Waals surface area contributed by atoms with Crippen molar-refractivity contribution >= 4 is 49.0 Å². The maximum Gasteiger partial charge on any atom is 0.262 e. The van der Waals surface area contributed by atoms with E-state index in [9.17, 15) is 18.0 Å². The molecule has 0 spiro atoms. The third-order valence-electron chi connectivity index (χ3n) is 5.18. The van der Waals surface area contributed by atoms with Crippen molar-refractivity contribution in [2.45, 2.75) is 24.3 Å². The van der Waals surface area contributed by atoms with Gasteiger partial charge in [-0.05, 0) is 49.7 Å². The van der Waals surface area contributed by atoms with Crippen LogP contribution in [-0.4, -0.2) is 36.7 Å². The number of carbonyl (C=O) groups excluding carboxylic acids is 2. The van der Waals surface area contributed by atoms with Gasteiger partial charge < -0.3 is 10.6 Å². The van der Waals surface area contributed by atoms with E-state index < -0.39 is 21.3 Å². The molecule has 4 aromatic rings. The molecule has 33 heavy (non-hydrogen) atoms. The Morgan fingerprint density at radius 2 is 1.67 bits per heavy atom. The van der Waals surface area contributed by atoms with Crippen LogP contribution in [0.1, 0.15) is 39.4 Å². The molecular weight excluding hydrogens is 460 g/mol. The van der Waals surface area contributed by atoms with Crippen LogP contribution in [0.4, 0.5) is 5.82 Å². The second-order valence-electron chi connectivity index (χ2n) is 8.12. The molecule has 3 N–H and O–H groups in total. The number of H-pyrrole nitrogens is 1. The average molecular weight is 483 g/mol. The lowest BCUT2D eigenvalue weighted by Gasteiger charge is -2.26. The number of aromatic amines is 1. The summed E-state index contributed by atoms with van der Waals surface area (Å²) in [6.07, 6.45) is 1.10. The summed E-state index contributed by atoms with van der Waals surface area (Å²) in [6, 6.07) is 17.0. The Bertz CT molecular complexity index is 1440. The predicted molar refractivity (Wildman–Crippen MR) is 128 cm³/mol. The lowest BCUT2D eigenvalue weighted by molar-refractivity contribution is 0.0915. The van der Waals surface area contributed by atoms with Gasteiger partial charge in [-0.3, -0.25) is 14.7 Å².